The van der Waals surface area contributed by atoms with Crippen molar-refractivity contribution in [2.45, 2.75) is 103 Å². The molecule has 0 aromatic heterocycles. The lowest BCUT2D eigenvalue weighted by Crippen LogP contribution is -2.60. The number of carbonyl (C=O) groups is 1. The minimum atomic E-state index is -0.557. The predicted molar refractivity (Wildman–Crippen MR) is 133 cm³/mol. The van der Waals surface area contributed by atoms with Crippen LogP contribution in [0.15, 0.2) is 48.5 Å². The number of benzene rings is 2. The molecule has 0 saturated carbocycles. The van der Waals surface area contributed by atoms with Gasteiger partial charge in [0.25, 0.3) is 0 Å². The lowest BCUT2D eigenvalue weighted by atomic mass is 9.80. The van der Waals surface area contributed by atoms with Crippen LogP contribution in [-0.2, 0) is 16.4 Å². The molecule has 33 heavy (non-hydrogen) atoms. The van der Waals surface area contributed by atoms with Gasteiger partial charge in [0.1, 0.15) is 6.10 Å². The van der Waals surface area contributed by atoms with Crippen molar-refractivity contribution in [3.05, 3.63) is 59.7 Å². The third-order valence-electron chi connectivity index (χ3n) is 6.80. The number of piperidine rings is 1. The Bertz CT molecular complexity index is 881. The van der Waals surface area contributed by atoms with Crippen molar-refractivity contribution in [1.29, 1.82) is 0 Å². The summed E-state index contributed by atoms with van der Waals surface area (Å²) in [5.74, 6) is -0.323. The first kappa shape index (κ1) is 25.5. The fourth-order valence-electron chi connectivity index (χ4n) is 5.07. The predicted octanol–water partition coefficient (Wildman–Crippen LogP) is 7.39. The van der Waals surface area contributed by atoms with Gasteiger partial charge in [0.05, 0.1) is 5.56 Å². The van der Waals surface area contributed by atoms with E-state index in [-0.39, 0.29) is 12.1 Å². The van der Waals surface area contributed by atoms with Crippen molar-refractivity contribution in [1.82, 2.24) is 5.06 Å². The standard InChI is InChI=1S/C29H40NO3/c1-6-7-8-9-10-11-22-12-14-23(15-13-22)24-16-18-25(19-17-24)27(31)33-26-20-28(2,3)30(32)29(4,5)21-26/h12-19,26H,6-11,20-21H2,1-5H3. The Kier molecular flexibility index (Phi) is 8.36. The molecule has 3 rings (SSSR count). The molecule has 0 unspecified atom stereocenters. The number of hydrogen-bond donors (Lipinski definition) is 0. The molecule has 2 aromatic rings. The van der Waals surface area contributed by atoms with Gasteiger partial charge in [-0.25, -0.2) is 4.79 Å². The molecule has 4 nitrogen and oxygen atoms in total. The minimum absolute atomic E-state index is 0.262. The SMILES string of the molecule is CCCCCCCc1ccc(-c2ccc(C(=O)OC3CC(C)(C)N([O])C(C)(C)C3)cc2)cc1. The van der Waals surface area contributed by atoms with Gasteiger partial charge in [-0.05, 0) is 69.4 Å². The highest BCUT2D eigenvalue weighted by Crippen LogP contribution is 2.38. The van der Waals surface area contributed by atoms with Crippen LogP contribution in [-0.4, -0.2) is 28.2 Å². The molecule has 1 saturated heterocycles. The number of hydrogen-bond acceptors (Lipinski definition) is 3. The smallest absolute Gasteiger partial charge is 0.338 e. The quantitative estimate of drug-likeness (QED) is 0.295. The Morgan fingerprint density at radius 3 is 1.91 bits per heavy atom. The van der Waals surface area contributed by atoms with E-state index in [0.29, 0.717) is 18.4 Å². The summed E-state index contributed by atoms with van der Waals surface area (Å²) < 4.78 is 5.82. The van der Waals surface area contributed by atoms with Gasteiger partial charge in [-0.15, -0.1) is 10.3 Å². The van der Waals surface area contributed by atoms with E-state index in [0.717, 1.165) is 22.6 Å². The second-order valence-electron chi connectivity index (χ2n) is 10.8. The Morgan fingerprint density at radius 1 is 0.848 bits per heavy atom. The van der Waals surface area contributed by atoms with Crippen LogP contribution in [0.5, 0.6) is 0 Å². The Labute approximate surface area is 199 Å². The maximum Gasteiger partial charge on any atom is 0.338 e. The van der Waals surface area contributed by atoms with E-state index in [4.69, 9.17) is 4.74 Å². The molecule has 2 aromatic carbocycles. The number of rotatable bonds is 9. The zero-order valence-corrected chi connectivity index (χ0v) is 21.0. The number of ether oxygens (including phenoxy) is 1. The van der Waals surface area contributed by atoms with Crippen LogP contribution in [0.1, 0.15) is 95.5 Å². The first-order chi connectivity index (χ1) is 15.6. The summed E-state index contributed by atoms with van der Waals surface area (Å²) >= 11 is 0. The van der Waals surface area contributed by atoms with Crippen LogP contribution in [0.3, 0.4) is 0 Å². The minimum Gasteiger partial charge on any atom is -0.459 e. The fraction of sp³-hybridized carbons (Fsp3) is 0.552. The molecule has 0 aliphatic carbocycles. The van der Waals surface area contributed by atoms with Gasteiger partial charge in [0.15, 0.2) is 0 Å². The highest BCUT2D eigenvalue weighted by Gasteiger charge is 2.47. The molecule has 0 amide bonds. The van der Waals surface area contributed by atoms with Crippen molar-refractivity contribution in [3.63, 3.8) is 0 Å². The Balaban J connectivity index is 1.57. The molecule has 0 bridgehead atoms. The van der Waals surface area contributed by atoms with Crippen molar-refractivity contribution in [3.8, 4) is 11.1 Å². The highest BCUT2D eigenvalue weighted by molar-refractivity contribution is 5.90. The maximum absolute atomic E-state index is 12.8. The molecule has 1 aliphatic heterocycles. The number of carbonyl (C=O) groups excluding carboxylic acids is 1. The molecular weight excluding hydrogens is 410 g/mol. The van der Waals surface area contributed by atoms with Crippen LogP contribution in [0, 0.1) is 0 Å². The summed E-state index contributed by atoms with van der Waals surface area (Å²) in [6, 6.07) is 16.4. The Morgan fingerprint density at radius 2 is 1.36 bits per heavy atom. The summed E-state index contributed by atoms with van der Waals surface area (Å²) in [5.41, 5.74) is 3.04. The summed E-state index contributed by atoms with van der Waals surface area (Å²) in [5, 5.41) is 13.7. The van der Waals surface area contributed by atoms with E-state index in [1.165, 1.54) is 37.7 Å². The number of esters is 1. The zero-order valence-electron chi connectivity index (χ0n) is 21.0. The molecule has 1 heterocycles. The van der Waals surface area contributed by atoms with Crippen LogP contribution in [0.25, 0.3) is 11.1 Å². The van der Waals surface area contributed by atoms with Gasteiger partial charge in [-0.1, -0.05) is 69.0 Å². The third kappa shape index (κ3) is 6.68. The number of hydroxylamine groups is 2. The van der Waals surface area contributed by atoms with Crippen molar-refractivity contribution in [2.75, 3.05) is 0 Å². The molecule has 1 fully saturated rings. The number of aryl methyl sites for hydroxylation is 1. The molecule has 0 N–H and O–H groups in total. The van der Waals surface area contributed by atoms with E-state index in [2.05, 4.69) is 31.2 Å². The van der Waals surface area contributed by atoms with E-state index < -0.39 is 11.1 Å². The average molecular weight is 451 g/mol. The molecule has 1 aliphatic rings. The van der Waals surface area contributed by atoms with Gasteiger partial charge >= 0.3 is 5.97 Å². The monoisotopic (exact) mass is 450 g/mol. The van der Waals surface area contributed by atoms with E-state index in [1.54, 1.807) is 0 Å². The largest absolute Gasteiger partial charge is 0.459 e. The molecule has 1 radical (unpaired) electrons. The summed E-state index contributed by atoms with van der Waals surface area (Å²) in [6.45, 7) is 9.89. The normalized spacial score (nSPS) is 18.2. The molecule has 4 heteroatoms. The number of nitrogens with zero attached hydrogens (tertiary/aromatic N) is 1. The lowest BCUT2D eigenvalue weighted by molar-refractivity contribution is -0.298. The highest BCUT2D eigenvalue weighted by atomic mass is 16.5. The van der Waals surface area contributed by atoms with E-state index >= 15 is 0 Å². The summed E-state index contributed by atoms with van der Waals surface area (Å²) in [6.07, 6.45) is 8.44. The van der Waals surface area contributed by atoms with E-state index in [1.807, 2.05) is 52.0 Å². The first-order valence-electron chi connectivity index (χ1n) is 12.5. The summed E-state index contributed by atoms with van der Waals surface area (Å²) in [4.78, 5) is 12.8. The van der Waals surface area contributed by atoms with Gasteiger partial charge in [-0.3, -0.25) is 0 Å². The zero-order chi connectivity index (χ0) is 24.1. The molecule has 0 spiro atoms. The molecule has 179 valence electrons. The lowest BCUT2D eigenvalue weighted by Gasteiger charge is -2.49. The van der Waals surface area contributed by atoms with Crippen LogP contribution >= 0.6 is 0 Å². The fourth-order valence-corrected chi connectivity index (χ4v) is 5.07. The first-order valence-corrected chi connectivity index (χ1v) is 12.5. The van der Waals surface area contributed by atoms with E-state index in [9.17, 15) is 10.0 Å². The average Bonchev–Trinajstić information content (AvgIpc) is 2.77. The Hall–Kier alpha value is -2.17. The van der Waals surface area contributed by atoms with Crippen molar-refractivity contribution < 1.29 is 14.7 Å². The topological polar surface area (TPSA) is 49.4 Å². The van der Waals surface area contributed by atoms with Gasteiger partial charge < -0.3 is 4.74 Å². The summed E-state index contributed by atoms with van der Waals surface area (Å²) in [7, 11) is 0. The second-order valence-corrected chi connectivity index (χ2v) is 10.8. The van der Waals surface area contributed by atoms with Crippen LogP contribution in [0.4, 0.5) is 0 Å². The van der Waals surface area contributed by atoms with Gasteiger partial charge in [0, 0.05) is 23.9 Å². The van der Waals surface area contributed by atoms with Gasteiger partial charge in [0.2, 0.25) is 0 Å². The molecule has 0 atom stereocenters. The van der Waals surface area contributed by atoms with Crippen LogP contribution in [0.2, 0.25) is 0 Å². The van der Waals surface area contributed by atoms with Crippen molar-refractivity contribution >= 4 is 5.97 Å². The van der Waals surface area contributed by atoms with Crippen molar-refractivity contribution in [2.24, 2.45) is 0 Å². The number of unbranched alkanes of at least 4 members (excludes halogenated alkanes) is 4. The second kappa shape index (κ2) is 10.8. The molecular formula is C29H40NO3. The van der Waals surface area contributed by atoms with Gasteiger partial charge in [-0.2, -0.15) is 0 Å². The maximum atomic E-state index is 12.8. The third-order valence-corrected chi connectivity index (χ3v) is 6.80. The van der Waals surface area contributed by atoms with Crippen LogP contribution < -0.4 is 0 Å².